The zero-order valence-corrected chi connectivity index (χ0v) is 22.5. The maximum Gasteiger partial charge on any atom is 0.296 e. The second-order valence-electron chi connectivity index (χ2n) is 9.72. The average molecular weight is 513 g/mol. The Kier molecular flexibility index (Phi) is 6.93. The van der Waals surface area contributed by atoms with Crippen molar-refractivity contribution in [3.05, 3.63) is 92.5 Å². The topological polar surface area (TPSA) is 81.9 Å². The van der Waals surface area contributed by atoms with Crippen molar-refractivity contribution in [1.29, 1.82) is 0 Å². The van der Waals surface area contributed by atoms with Gasteiger partial charge in [-0.15, -0.1) is 0 Å². The number of amides is 1. The van der Waals surface area contributed by atoms with E-state index in [1.165, 1.54) is 4.90 Å². The van der Waals surface area contributed by atoms with E-state index in [4.69, 9.17) is 13.9 Å². The zero-order chi connectivity index (χ0) is 27.0. The molecule has 0 aliphatic carbocycles. The van der Waals surface area contributed by atoms with Crippen LogP contribution in [-0.2, 0) is 0 Å². The molecular weight excluding hydrogens is 480 g/mol. The zero-order valence-electron chi connectivity index (χ0n) is 22.5. The molecule has 0 saturated heterocycles. The molecular formula is C31H32N2O5. The number of hydrogen-bond acceptors (Lipinski definition) is 6. The molecule has 196 valence electrons. The van der Waals surface area contributed by atoms with E-state index >= 15 is 0 Å². The van der Waals surface area contributed by atoms with Crippen LogP contribution in [0.15, 0.2) is 57.9 Å². The summed E-state index contributed by atoms with van der Waals surface area (Å²) in [5.41, 5.74) is 4.12. The van der Waals surface area contributed by atoms with Gasteiger partial charge in [-0.05, 0) is 86.7 Å². The summed E-state index contributed by atoms with van der Waals surface area (Å²) in [6.07, 6.45) is 3.65. The van der Waals surface area contributed by atoms with Gasteiger partial charge in [0.2, 0.25) is 5.76 Å². The molecule has 2 aromatic heterocycles. The van der Waals surface area contributed by atoms with Crippen LogP contribution in [0.25, 0.3) is 11.0 Å². The SMILES string of the molecule is CCCCOc1ccc(C2c3c(oc4cc(C)c(C)cc4c3=O)C(=O)N2c2ccc(C)cn2)cc1OCC. The highest BCUT2D eigenvalue weighted by atomic mass is 16.5. The summed E-state index contributed by atoms with van der Waals surface area (Å²) in [6, 6.07) is 12.2. The van der Waals surface area contributed by atoms with Crippen LogP contribution in [0.3, 0.4) is 0 Å². The van der Waals surface area contributed by atoms with Crippen LogP contribution in [0.2, 0.25) is 0 Å². The van der Waals surface area contributed by atoms with Gasteiger partial charge in [0.15, 0.2) is 16.9 Å². The molecule has 0 N–H and O–H groups in total. The molecule has 1 unspecified atom stereocenters. The molecule has 38 heavy (non-hydrogen) atoms. The molecule has 0 fully saturated rings. The van der Waals surface area contributed by atoms with Crippen molar-refractivity contribution in [2.24, 2.45) is 0 Å². The molecule has 1 amide bonds. The molecule has 3 heterocycles. The number of pyridine rings is 1. The van der Waals surface area contributed by atoms with Gasteiger partial charge >= 0.3 is 0 Å². The van der Waals surface area contributed by atoms with E-state index < -0.39 is 11.9 Å². The first-order valence-electron chi connectivity index (χ1n) is 13.1. The van der Waals surface area contributed by atoms with Crippen LogP contribution in [0.5, 0.6) is 11.5 Å². The number of rotatable bonds is 8. The lowest BCUT2D eigenvalue weighted by Gasteiger charge is -2.25. The molecule has 0 radical (unpaired) electrons. The number of benzene rings is 2. The Morgan fingerprint density at radius 2 is 1.74 bits per heavy atom. The lowest BCUT2D eigenvalue weighted by Crippen LogP contribution is -2.30. The Hall–Kier alpha value is -4.13. The summed E-state index contributed by atoms with van der Waals surface area (Å²) in [5, 5.41) is 0.452. The molecule has 0 bridgehead atoms. The summed E-state index contributed by atoms with van der Waals surface area (Å²) in [4.78, 5) is 33.9. The van der Waals surface area contributed by atoms with Crippen molar-refractivity contribution >= 4 is 22.7 Å². The third kappa shape index (κ3) is 4.42. The monoisotopic (exact) mass is 512 g/mol. The third-order valence-corrected chi connectivity index (χ3v) is 6.97. The van der Waals surface area contributed by atoms with E-state index in [9.17, 15) is 9.59 Å². The second-order valence-corrected chi connectivity index (χ2v) is 9.72. The first-order chi connectivity index (χ1) is 18.3. The third-order valence-electron chi connectivity index (χ3n) is 6.97. The number of aryl methyl sites for hydroxylation is 3. The highest BCUT2D eigenvalue weighted by molar-refractivity contribution is 6.10. The van der Waals surface area contributed by atoms with Crippen molar-refractivity contribution in [2.45, 2.75) is 53.5 Å². The summed E-state index contributed by atoms with van der Waals surface area (Å²) in [7, 11) is 0. The Labute approximate surface area is 222 Å². The second kappa shape index (κ2) is 10.3. The highest BCUT2D eigenvalue weighted by Gasteiger charge is 2.44. The van der Waals surface area contributed by atoms with Gasteiger partial charge in [-0.3, -0.25) is 14.5 Å². The van der Waals surface area contributed by atoms with E-state index in [2.05, 4.69) is 11.9 Å². The maximum absolute atomic E-state index is 14.0. The number of hydrogen-bond donors (Lipinski definition) is 0. The first kappa shape index (κ1) is 25.5. The quantitative estimate of drug-likeness (QED) is 0.253. The molecule has 7 heteroatoms. The van der Waals surface area contributed by atoms with Gasteiger partial charge in [0.1, 0.15) is 11.4 Å². The van der Waals surface area contributed by atoms with Gasteiger partial charge in [-0.1, -0.05) is 25.5 Å². The molecule has 1 atom stereocenters. The minimum atomic E-state index is -0.737. The molecule has 0 spiro atoms. The van der Waals surface area contributed by atoms with E-state index in [1.54, 1.807) is 12.3 Å². The van der Waals surface area contributed by atoms with Gasteiger partial charge in [0.05, 0.1) is 30.2 Å². The molecule has 4 aromatic rings. The number of nitrogens with zero attached hydrogens (tertiary/aromatic N) is 2. The predicted molar refractivity (Wildman–Crippen MR) is 148 cm³/mol. The number of carbonyl (C=O) groups excluding carboxylic acids is 1. The minimum absolute atomic E-state index is 0.0411. The summed E-state index contributed by atoms with van der Waals surface area (Å²) >= 11 is 0. The Bertz CT molecular complexity index is 1570. The molecule has 2 aromatic carbocycles. The molecule has 1 aliphatic heterocycles. The minimum Gasteiger partial charge on any atom is -0.490 e. The van der Waals surface area contributed by atoms with Gasteiger partial charge in [0.25, 0.3) is 5.91 Å². The van der Waals surface area contributed by atoms with Gasteiger partial charge < -0.3 is 13.9 Å². The standard InChI is InChI=1S/C31H32N2O5/c1-6-8-13-37-23-11-10-21(16-25(23)36-7-2)28-27-29(34)22-14-19(4)20(5)15-24(22)38-30(27)31(35)33(28)26-12-9-18(3)17-32-26/h9-12,14-17,28H,6-8,13H2,1-5H3. The van der Waals surface area contributed by atoms with Crippen LogP contribution in [-0.4, -0.2) is 24.1 Å². The van der Waals surface area contributed by atoms with E-state index in [0.29, 0.717) is 52.6 Å². The number of fused-ring (bicyclic) bond motifs is 2. The van der Waals surface area contributed by atoms with E-state index in [1.807, 2.05) is 64.1 Å². The van der Waals surface area contributed by atoms with Crippen LogP contribution in [0.1, 0.15) is 71.1 Å². The van der Waals surface area contributed by atoms with Crippen LogP contribution < -0.4 is 19.8 Å². The average Bonchev–Trinajstić information content (AvgIpc) is 3.19. The van der Waals surface area contributed by atoms with Crippen molar-refractivity contribution < 1.29 is 18.7 Å². The molecule has 1 aliphatic rings. The van der Waals surface area contributed by atoms with Crippen molar-refractivity contribution in [2.75, 3.05) is 18.1 Å². The lowest BCUT2D eigenvalue weighted by atomic mass is 9.97. The van der Waals surface area contributed by atoms with Crippen LogP contribution in [0, 0.1) is 20.8 Å². The van der Waals surface area contributed by atoms with Crippen LogP contribution in [0.4, 0.5) is 5.82 Å². The Morgan fingerprint density at radius 3 is 2.45 bits per heavy atom. The summed E-state index contributed by atoms with van der Waals surface area (Å²) in [5.74, 6) is 1.27. The smallest absolute Gasteiger partial charge is 0.296 e. The normalized spacial score (nSPS) is 14.7. The Morgan fingerprint density at radius 1 is 0.947 bits per heavy atom. The number of ether oxygens (including phenoxy) is 2. The van der Waals surface area contributed by atoms with Crippen molar-refractivity contribution in [1.82, 2.24) is 4.98 Å². The van der Waals surface area contributed by atoms with Gasteiger partial charge in [-0.2, -0.15) is 0 Å². The van der Waals surface area contributed by atoms with Crippen molar-refractivity contribution in [3.63, 3.8) is 0 Å². The number of unbranched alkanes of at least 4 members (excludes halogenated alkanes) is 1. The largest absolute Gasteiger partial charge is 0.490 e. The van der Waals surface area contributed by atoms with Crippen LogP contribution >= 0.6 is 0 Å². The predicted octanol–water partition coefficient (Wildman–Crippen LogP) is 6.44. The fraction of sp³-hybridized carbons (Fsp3) is 0.323. The summed E-state index contributed by atoms with van der Waals surface area (Å²) in [6.45, 7) is 10.9. The number of anilines is 1. The fourth-order valence-electron chi connectivity index (χ4n) is 4.79. The van der Waals surface area contributed by atoms with Crippen molar-refractivity contribution in [3.8, 4) is 11.5 Å². The highest BCUT2D eigenvalue weighted by Crippen LogP contribution is 2.43. The van der Waals surface area contributed by atoms with E-state index in [-0.39, 0.29) is 11.2 Å². The summed E-state index contributed by atoms with van der Waals surface area (Å²) < 4.78 is 18.0. The molecule has 0 saturated carbocycles. The van der Waals surface area contributed by atoms with Gasteiger partial charge in [0, 0.05) is 6.20 Å². The molecule has 5 rings (SSSR count). The first-order valence-corrected chi connectivity index (χ1v) is 13.1. The number of aromatic nitrogens is 1. The molecule has 7 nitrogen and oxygen atoms in total. The maximum atomic E-state index is 14.0. The Balaban J connectivity index is 1.73. The fourth-order valence-corrected chi connectivity index (χ4v) is 4.79. The van der Waals surface area contributed by atoms with E-state index in [0.717, 1.165) is 29.5 Å². The van der Waals surface area contributed by atoms with Gasteiger partial charge in [-0.25, -0.2) is 4.98 Å². The number of carbonyl (C=O) groups is 1. The lowest BCUT2D eigenvalue weighted by molar-refractivity contribution is 0.0970.